The molecule has 0 radical (unpaired) electrons. The summed E-state index contributed by atoms with van der Waals surface area (Å²) >= 11 is 5.86. The Bertz CT molecular complexity index is 561. The van der Waals surface area contributed by atoms with Crippen LogP contribution < -0.4 is 10.1 Å². The normalized spacial score (nSPS) is 14.1. The van der Waals surface area contributed by atoms with E-state index in [1.165, 1.54) is 18.4 Å². The molecule has 0 aromatic heterocycles. The van der Waals surface area contributed by atoms with Crippen molar-refractivity contribution in [1.82, 2.24) is 5.32 Å². The predicted molar refractivity (Wildman–Crippen MR) is 86.7 cm³/mol. The number of rotatable bonds is 7. The fraction of sp³-hybridized carbons (Fsp3) is 0.333. The van der Waals surface area contributed by atoms with E-state index in [4.69, 9.17) is 16.3 Å². The lowest BCUT2D eigenvalue weighted by atomic mass is 10.2. The van der Waals surface area contributed by atoms with Crippen LogP contribution >= 0.6 is 11.6 Å². The van der Waals surface area contributed by atoms with Crippen molar-refractivity contribution in [3.05, 3.63) is 64.7 Å². The summed E-state index contributed by atoms with van der Waals surface area (Å²) in [5, 5.41) is 4.24. The molecule has 0 saturated heterocycles. The largest absolute Gasteiger partial charge is 0.489 e. The molecule has 21 heavy (non-hydrogen) atoms. The summed E-state index contributed by atoms with van der Waals surface area (Å²) in [6, 6.07) is 16.0. The van der Waals surface area contributed by atoms with Gasteiger partial charge in [0, 0.05) is 11.6 Å². The van der Waals surface area contributed by atoms with Crippen LogP contribution in [0.15, 0.2) is 48.5 Å². The third-order valence-electron chi connectivity index (χ3n) is 3.70. The van der Waals surface area contributed by atoms with E-state index in [9.17, 15) is 0 Å². The van der Waals surface area contributed by atoms with Crippen LogP contribution in [0.3, 0.4) is 0 Å². The molecule has 2 aromatic carbocycles. The molecule has 0 atom stereocenters. The Labute approximate surface area is 131 Å². The number of benzene rings is 2. The minimum atomic E-state index is 0.566. The molecule has 0 spiro atoms. The smallest absolute Gasteiger partial charge is 0.119 e. The van der Waals surface area contributed by atoms with Gasteiger partial charge in [-0.3, -0.25) is 0 Å². The lowest BCUT2D eigenvalue weighted by molar-refractivity contribution is 0.306. The monoisotopic (exact) mass is 301 g/mol. The third kappa shape index (κ3) is 4.76. The third-order valence-corrected chi connectivity index (χ3v) is 3.95. The van der Waals surface area contributed by atoms with Crippen molar-refractivity contribution < 1.29 is 4.74 Å². The molecule has 0 amide bonds. The number of halogens is 1. The van der Waals surface area contributed by atoms with Crippen LogP contribution in [0.1, 0.15) is 24.0 Å². The van der Waals surface area contributed by atoms with Crippen LogP contribution in [0.5, 0.6) is 5.75 Å². The van der Waals surface area contributed by atoms with Gasteiger partial charge in [0.05, 0.1) is 0 Å². The van der Waals surface area contributed by atoms with Crippen LogP contribution in [0.4, 0.5) is 0 Å². The Morgan fingerprint density at radius 1 is 0.952 bits per heavy atom. The molecule has 2 aromatic rings. The van der Waals surface area contributed by atoms with Gasteiger partial charge in [-0.2, -0.15) is 0 Å². The fourth-order valence-electron chi connectivity index (χ4n) is 2.19. The van der Waals surface area contributed by atoms with Crippen molar-refractivity contribution in [3.63, 3.8) is 0 Å². The van der Waals surface area contributed by atoms with E-state index in [1.807, 2.05) is 36.4 Å². The van der Waals surface area contributed by atoms with E-state index in [-0.39, 0.29) is 0 Å². The first-order chi connectivity index (χ1) is 10.3. The Kier molecular flexibility index (Phi) is 4.79. The molecular formula is C18H20ClNO. The van der Waals surface area contributed by atoms with E-state index in [0.717, 1.165) is 35.3 Å². The minimum Gasteiger partial charge on any atom is -0.489 e. The number of hydrogen-bond acceptors (Lipinski definition) is 2. The predicted octanol–water partition coefficient (Wildman–Crippen LogP) is 4.42. The SMILES string of the molecule is Clc1ccc(COc2ccc(CNCC3CC3)cc2)cc1. The van der Waals surface area contributed by atoms with E-state index in [1.54, 1.807) is 0 Å². The Morgan fingerprint density at radius 2 is 1.62 bits per heavy atom. The van der Waals surface area contributed by atoms with Crippen molar-refractivity contribution in [3.8, 4) is 5.75 Å². The first-order valence-electron chi connectivity index (χ1n) is 7.46. The lowest BCUT2D eigenvalue weighted by Crippen LogP contribution is -2.15. The van der Waals surface area contributed by atoms with Gasteiger partial charge in [0.25, 0.3) is 0 Å². The molecule has 0 unspecified atom stereocenters. The van der Waals surface area contributed by atoms with Gasteiger partial charge >= 0.3 is 0 Å². The summed E-state index contributed by atoms with van der Waals surface area (Å²) in [6.07, 6.45) is 2.79. The van der Waals surface area contributed by atoms with Gasteiger partial charge < -0.3 is 10.1 Å². The van der Waals surface area contributed by atoms with Crippen molar-refractivity contribution in [2.75, 3.05) is 6.54 Å². The van der Waals surface area contributed by atoms with E-state index in [0.29, 0.717) is 6.61 Å². The number of nitrogens with one attached hydrogen (secondary N) is 1. The van der Waals surface area contributed by atoms with Crippen LogP contribution in [-0.2, 0) is 13.2 Å². The van der Waals surface area contributed by atoms with Crippen LogP contribution in [0, 0.1) is 5.92 Å². The molecule has 0 heterocycles. The number of hydrogen-bond donors (Lipinski definition) is 1. The standard InChI is InChI=1S/C18H20ClNO/c19-17-7-3-16(4-8-17)13-21-18-9-5-15(6-10-18)12-20-11-14-1-2-14/h3-10,14,20H,1-2,11-13H2. The lowest BCUT2D eigenvalue weighted by Gasteiger charge is -2.08. The summed E-state index contributed by atoms with van der Waals surface area (Å²) in [7, 11) is 0. The van der Waals surface area contributed by atoms with Gasteiger partial charge in [-0.05, 0) is 60.7 Å². The summed E-state index contributed by atoms with van der Waals surface area (Å²) in [5.74, 6) is 1.82. The molecule has 1 aliphatic carbocycles. The molecule has 3 rings (SSSR count). The molecule has 3 heteroatoms. The van der Waals surface area contributed by atoms with Gasteiger partial charge in [-0.25, -0.2) is 0 Å². The van der Waals surface area contributed by atoms with Crippen molar-refractivity contribution >= 4 is 11.6 Å². The van der Waals surface area contributed by atoms with Crippen molar-refractivity contribution in [2.45, 2.75) is 26.0 Å². The highest BCUT2D eigenvalue weighted by molar-refractivity contribution is 6.30. The maximum Gasteiger partial charge on any atom is 0.119 e. The molecule has 1 saturated carbocycles. The zero-order valence-electron chi connectivity index (χ0n) is 12.0. The second-order valence-electron chi connectivity index (χ2n) is 5.63. The molecule has 1 aliphatic rings. The summed E-state index contributed by atoms with van der Waals surface area (Å²) in [4.78, 5) is 0. The van der Waals surface area contributed by atoms with Crippen LogP contribution in [0.2, 0.25) is 5.02 Å². The van der Waals surface area contributed by atoms with Gasteiger partial charge in [0.1, 0.15) is 12.4 Å². The van der Waals surface area contributed by atoms with E-state index >= 15 is 0 Å². The highest BCUT2D eigenvalue weighted by Crippen LogP contribution is 2.27. The summed E-state index contributed by atoms with van der Waals surface area (Å²) in [5.41, 5.74) is 2.42. The van der Waals surface area contributed by atoms with Gasteiger partial charge in [0.2, 0.25) is 0 Å². The fourth-order valence-corrected chi connectivity index (χ4v) is 2.32. The van der Waals surface area contributed by atoms with Gasteiger partial charge in [-0.15, -0.1) is 0 Å². The minimum absolute atomic E-state index is 0.566. The molecule has 2 nitrogen and oxygen atoms in total. The molecule has 0 bridgehead atoms. The molecular weight excluding hydrogens is 282 g/mol. The maximum absolute atomic E-state index is 5.86. The zero-order valence-corrected chi connectivity index (χ0v) is 12.8. The van der Waals surface area contributed by atoms with Gasteiger partial charge in [-0.1, -0.05) is 35.9 Å². The first-order valence-corrected chi connectivity index (χ1v) is 7.84. The second kappa shape index (κ2) is 6.97. The Hall–Kier alpha value is -1.51. The highest BCUT2D eigenvalue weighted by atomic mass is 35.5. The van der Waals surface area contributed by atoms with E-state index in [2.05, 4.69) is 17.4 Å². The van der Waals surface area contributed by atoms with Crippen molar-refractivity contribution in [1.29, 1.82) is 0 Å². The molecule has 0 aliphatic heterocycles. The molecule has 1 fully saturated rings. The summed E-state index contributed by atoms with van der Waals surface area (Å²) < 4.78 is 5.78. The number of ether oxygens (including phenoxy) is 1. The van der Waals surface area contributed by atoms with Gasteiger partial charge in [0.15, 0.2) is 0 Å². The molecule has 110 valence electrons. The zero-order chi connectivity index (χ0) is 14.5. The van der Waals surface area contributed by atoms with Crippen LogP contribution in [-0.4, -0.2) is 6.54 Å². The van der Waals surface area contributed by atoms with E-state index < -0.39 is 0 Å². The first kappa shape index (κ1) is 14.4. The Morgan fingerprint density at radius 3 is 2.29 bits per heavy atom. The average Bonchev–Trinajstić information content (AvgIpc) is 3.32. The summed E-state index contributed by atoms with van der Waals surface area (Å²) in [6.45, 7) is 2.65. The Balaban J connectivity index is 1.45. The quantitative estimate of drug-likeness (QED) is 0.817. The maximum atomic E-state index is 5.86. The topological polar surface area (TPSA) is 21.3 Å². The molecule has 1 N–H and O–H groups in total. The second-order valence-corrected chi connectivity index (χ2v) is 6.07. The van der Waals surface area contributed by atoms with Crippen LogP contribution in [0.25, 0.3) is 0 Å². The highest BCUT2D eigenvalue weighted by Gasteiger charge is 2.19. The average molecular weight is 302 g/mol. The van der Waals surface area contributed by atoms with Crippen molar-refractivity contribution in [2.24, 2.45) is 5.92 Å².